The molecule has 0 aliphatic carbocycles. The molecule has 2 rings (SSSR count). The molecule has 0 aromatic carbocycles. The molecule has 2 heterocycles. The molecule has 2 fully saturated rings. The highest BCUT2D eigenvalue weighted by molar-refractivity contribution is 5.22. The van der Waals surface area contributed by atoms with Gasteiger partial charge in [0.15, 0.2) is 0 Å². The second-order valence-corrected chi connectivity index (χ2v) is 9.36. The Kier molecular flexibility index (Phi) is 8.82. The van der Waals surface area contributed by atoms with Gasteiger partial charge in [0.25, 0.3) is 0 Å². The zero-order valence-electron chi connectivity index (χ0n) is 20.2. The molecule has 0 bridgehead atoms. The van der Waals surface area contributed by atoms with Gasteiger partial charge in [0.1, 0.15) is 11.6 Å². The van der Waals surface area contributed by atoms with Crippen LogP contribution in [-0.2, 0) is 0 Å². The van der Waals surface area contributed by atoms with Gasteiger partial charge in [-0.1, -0.05) is 40.5 Å². The van der Waals surface area contributed by atoms with Crippen molar-refractivity contribution in [2.45, 2.75) is 118 Å². The highest BCUT2D eigenvalue weighted by atomic mass is 15.5. The molecule has 2 saturated heterocycles. The van der Waals surface area contributed by atoms with Crippen molar-refractivity contribution >= 4 is 0 Å². The molecular formula is C24H48N4. The lowest BCUT2D eigenvalue weighted by molar-refractivity contribution is 0.205. The second-order valence-electron chi connectivity index (χ2n) is 9.36. The Hall–Kier alpha value is -1.06. The third-order valence-corrected chi connectivity index (χ3v) is 6.68. The molecule has 28 heavy (non-hydrogen) atoms. The van der Waals surface area contributed by atoms with Gasteiger partial charge in [-0.3, -0.25) is 0 Å². The minimum Gasteiger partial charge on any atom is -0.351 e. The lowest BCUT2D eigenvalue weighted by atomic mass is 10.2. The Balaban J connectivity index is 2.58. The molecule has 164 valence electrons. The van der Waals surface area contributed by atoms with Gasteiger partial charge in [-0.25, -0.2) is 0 Å². The average molecular weight is 393 g/mol. The minimum atomic E-state index is 0.547. The van der Waals surface area contributed by atoms with Gasteiger partial charge >= 0.3 is 0 Å². The van der Waals surface area contributed by atoms with Crippen molar-refractivity contribution in [3.8, 4) is 0 Å². The van der Waals surface area contributed by atoms with E-state index >= 15 is 0 Å². The first kappa shape index (κ1) is 23.2. The average Bonchev–Trinajstić information content (AvgIpc) is 3.21. The molecule has 0 radical (unpaired) electrons. The summed E-state index contributed by atoms with van der Waals surface area (Å²) >= 11 is 0. The molecule has 2 aliphatic heterocycles. The van der Waals surface area contributed by atoms with Crippen LogP contribution in [0.5, 0.6) is 0 Å². The molecule has 4 nitrogen and oxygen atoms in total. The smallest absolute Gasteiger partial charge is 0.146 e. The number of unbranched alkanes of at least 4 members (excludes halogenated alkanes) is 2. The van der Waals surface area contributed by atoms with Crippen molar-refractivity contribution in [3.63, 3.8) is 0 Å². The van der Waals surface area contributed by atoms with Crippen LogP contribution in [-0.4, -0.2) is 69.9 Å². The highest BCUT2D eigenvalue weighted by Crippen LogP contribution is 2.38. The SMILES string of the molecule is CCCCN1/C(=C2\N(C(C)C)CC(CC)N2CCCC)N(C(C)C)CC1CC. The molecule has 0 spiro atoms. The van der Waals surface area contributed by atoms with E-state index in [-0.39, 0.29) is 0 Å². The molecule has 2 atom stereocenters. The van der Waals surface area contributed by atoms with Crippen molar-refractivity contribution in [2.24, 2.45) is 0 Å². The maximum absolute atomic E-state index is 2.78. The summed E-state index contributed by atoms with van der Waals surface area (Å²) in [5.41, 5.74) is 0. The third kappa shape index (κ3) is 4.74. The number of hydrogen-bond acceptors (Lipinski definition) is 4. The molecule has 0 amide bonds. The van der Waals surface area contributed by atoms with Crippen LogP contribution in [0.3, 0.4) is 0 Å². The fourth-order valence-electron chi connectivity index (χ4n) is 4.86. The van der Waals surface area contributed by atoms with E-state index in [1.807, 2.05) is 0 Å². The summed E-state index contributed by atoms with van der Waals surface area (Å²) < 4.78 is 0. The van der Waals surface area contributed by atoms with Crippen LogP contribution in [0.2, 0.25) is 0 Å². The summed E-state index contributed by atoms with van der Waals surface area (Å²) in [4.78, 5) is 11.0. The van der Waals surface area contributed by atoms with Crippen molar-refractivity contribution < 1.29 is 0 Å². The molecule has 0 aromatic heterocycles. The maximum Gasteiger partial charge on any atom is 0.146 e. The summed E-state index contributed by atoms with van der Waals surface area (Å²) in [7, 11) is 0. The van der Waals surface area contributed by atoms with E-state index in [9.17, 15) is 0 Å². The minimum absolute atomic E-state index is 0.547. The Morgan fingerprint density at radius 3 is 1.29 bits per heavy atom. The fourth-order valence-corrected chi connectivity index (χ4v) is 4.86. The van der Waals surface area contributed by atoms with E-state index in [0.717, 1.165) is 0 Å². The van der Waals surface area contributed by atoms with Crippen molar-refractivity contribution in [1.29, 1.82) is 0 Å². The molecule has 2 aliphatic rings. The lowest BCUT2D eigenvalue weighted by Crippen LogP contribution is -2.40. The molecule has 2 unspecified atom stereocenters. The molecule has 0 N–H and O–H groups in total. The Bertz CT molecular complexity index is 455. The van der Waals surface area contributed by atoms with E-state index in [1.54, 1.807) is 0 Å². The summed E-state index contributed by atoms with van der Waals surface area (Å²) in [6, 6.07) is 2.40. The van der Waals surface area contributed by atoms with Crippen LogP contribution in [0, 0.1) is 0 Å². The molecule has 0 aromatic rings. The molecule has 4 heteroatoms. The van der Waals surface area contributed by atoms with E-state index in [1.165, 1.54) is 76.3 Å². The van der Waals surface area contributed by atoms with Gasteiger partial charge in [0, 0.05) is 50.3 Å². The first-order valence-corrected chi connectivity index (χ1v) is 12.2. The molecular weight excluding hydrogens is 344 g/mol. The van der Waals surface area contributed by atoms with Crippen LogP contribution in [0.1, 0.15) is 93.9 Å². The summed E-state index contributed by atoms with van der Waals surface area (Å²) in [6.45, 7) is 23.6. The van der Waals surface area contributed by atoms with E-state index in [2.05, 4.69) is 75.0 Å². The van der Waals surface area contributed by atoms with Crippen LogP contribution < -0.4 is 0 Å². The predicted octanol–water partition coefficient (Wildman–Crippen LogP) is 5.32. The fraction of sp³-hybridized carbons (Fsp3) is 0.917. The maximum atomic E-state index is 2.78. The zero-order chi connectivity index (χ0) is 20.8. The Morgan fingerprint density at radius 2 is 1.04 bits per heavy atom. The quantitative estimate of drug-likeness (QED) is 0.498. The topological polar surface area (TPSA) is 13.0 Å². The lowest BCUT2D eigenvalue weighted by Gasteiger charge is -2.37. The van der Waals surface area contributed by atoms with Crippen LogP contribution in [0.4, 0.5) is 0 Å². The first-order valence-electron chi connectivity index (χ1n) is 12.2. The van der Waals surface area contributed by atoms with E-state index < -0.39 is 0 Å². The summed E-state index contributed by atoms with van der Waals surface area (Å²) in [5.74, 6) is 3.08. The van der Waals surface area contributed by atoms with Gasteiger partial charge < -0.3 is 19.6 Å². The van der Waals surface area contributed by atoms with E-state index in [0.29, 0.717) is 24.2 Å². The van der Waals surface area contributed by atoms with Gasteiger partial charge in [0.2, 0.25) is 0 Å². The number of nitrogens with zero attached hydrogens (tertiary/aromatic N) is 4. The Morgan fingerprint density at radius 1 is 0.679 bits per heavy atom. The highest BCUT2D eigenvalue weighted by Gasteiger charge is 2.43. The van der Waals surface area contributed by atoms with Crippen molar-refractivity contribution in [3.05, 3.63) is 11.6 Å². The van der Waals surface area contributed by atoms with Crippen molar-refractivity contribution in [2.75, 3.05) is 26.2 Å². The normalized spacial score (nSPS) is 25.9. The third-order valence-electron chi connectivity index (χ3n) is 6.68. The summed E-state index contributed by atoms with van der Waals surface area (Å²) in [6.07, 6.45) is 7.57. The zero-order valence-corrected chi connectivity index (χ0v) is 20.2. The van der Waals surface area contributed by atoms with Crippen LogP contribution in [0.15, 0.2) is 11.6 Å². The van der Waals surface area contributed by atoms with Crippen LogP contribution >= 0.6 is 0 Å². The molecule has 0 saturated carbocycles. The van der Waals surface area contributed by atoms with Gasteiger partial charge in [-0.15, -0.1) is 0 Å². The predicted molar refractivity (Wildman–Crippen MR) is 122 cm³/mol. The van der Waals surface area contributed by atoms with Crippen molar-refractivity contribution in [1.82, 2.24) is 19.6 Å². The van der Waals surface area contributed by atoms with Gasteiger partial charge in [-0.2, -0.15) is 0 Å². The number of rotatable bonds is 10. The summed E-state index contributed by atoms with van der Waals surface area (Å²) in [5, 5.41) is 0. The van der Waals surface area contributed by atoms with Crippen LogP contribution in [0.25, 0.3) is 0 Å². The standard InChI is InChI=1S/C24H48N4/c1-9-13-15-25-21(11-3)17-27(19(5)6)23(25)24-26(16-14-10-2)22(12-4)18-28(24)20(7)8/h19-22H,9-18H2,1-8H3/b24-23+. The Labute approximate surface area is 175 Å². The van der Waals surface area contributed by atoms with Gasteiger partial charge in [0.05, 0.1) is 0 Å². The van der Waals surface area contributed by atoms with E-state index in [4.69, 9.17) is 0 Å². The first-order chi connectivity index (χ1) is 13.4. The second kappa shape index (κ2) is 10.6. The number of hydrogen-bond donors (Lipinski definition) is 0. The monoisotopic (exact) mass is 392 g/mol. The largest absolute Gasteiger partial charge is 0.351 e. The van der Waals surface area contributed by atoms with Gasteiger partial charge in [-0.05, 0) is 53.4 Å².